The Morgan fingerprint density at radius 3 is 2.64 bits per heavy atom. The van der Waals surface area contributed by atoms with Gasteiger partial charge in [-0.1, -0.05) is 33.1 Å². The molecule has 0 bridgehead atoms. The molecule has 1 aliphatic rings. The van der Waals surface area contributed by atoms with Gasteiger partial charge in [-0.05, 0) is 36.8 Å². The Bertz CT molecular complexity index is 475. The highest BCUT2D eigenvalue weighted by Gasteiger charge is 2.27. The average molecular weight is 307 g/mol. The van der Waals surface area contributed by atoms with Crippen LogP contribution >= 0.6 is 0 Å². The molecule has 1 amide bonds. The fourth-order valence-electron chi connectivity index (χ4n) is 2.76. The monoisotopic (exact) mass is 307 g/mol. The molecule has 122 valence electrons. The summed E-state index contributed by atoms with van der Waals surface area (Å²) in [5, 5.41) is 2.70. The second-order valence-corrected chi connectivity index (χ2v) is 6.31. The van der Waals surface area contributed by atoms with Gasteiger partial charge < -0.3 is 14.5 Å². The van der Waals surface area contributed by atoms with Gasteiger partial charge in [0.2, 0.25) is 0 Å². The SMILES string of the molecule is CC(C)[C@@H](NC(=O)c1ccco1)C(=O)OCC1CCCCC1. The molecule has 5 heteroatoms. The van der Waals surface area contributed by atoms with Gasteiger partial charge in [0.05, 0.1) is 12.9 Å². The van der Waals surface area contributed by atoms with E-state index >= 15 is 0 Å². The summed E-state index contributed by atoms with van der Waals surface area (Å²) in [7, 11) is 0. The predicted octanol–water partition coefficient (Wildman–Crippen LogP) is 3.16. The summed E-state index contributed by atoms with van der Waals surface area (Å²) in [5.41, 5.74) is 0. The van der Waals surface area contributed by atoms with Crippen LogP contribution in [0.3, 0.4) is 0 Å². The maximum atomic E-state index is 12.3. The second kappa shape index (κ2) is 8.01. The zero-order valence-electron chi connectivity index (χ0n) is 13.3. The molecule has 0 unspecified atom stereocenters. The van der Waals surface area contributed by atoms with Crippen molar-refractivity contribution >= 4 is 11.9 Å². The van der Waals surface area contributed by atoms with E-state index in [0.717, 1.165) is 12.8 Å². The molecular formula is C17H25NO4. The van der Waals surface area contributed by atoms with E-state index in [4.69, 9.17) is 9.15 Å². The van der Waals surface area contributed by atoms with Crippen LogP contribution in [0, 0.1) is 11.8 Å². The van der Waals surface area contributed by atoms with E-state index in [1.165, 1.54) is 25.5 Å². The Balaban J connectivity index is 1.86. The Hall–Kier alpha value is -1.78. The Labute approximate surface area is 131 Å². The second-order valence-electron chi connectivity index (χ2n) is 6.31. The Morgan fingerprint density at radius 1 is 1.32 bits per heavy atom. The standard InChI is InChI=1S/C17H25NO4/c1-12(2)15(18-16(19)14-9-6-10-21-14)17(20)22-11-13-7-4-3-5-8-13/h6,9-10,12-13,15H,3-5,7-8,11H2,1-2H3,(H,18,19)/t15-/m1/s1. The molecule has 0 radical (unpaired) electrons. The zero-order chi connectivity index (χ0) is 15.9. The number of carbonyl (C=O) groups excluding carboxylic acids is 2. The van der Waals surface area contributed by atoms with Crippen molar-refractivity contribution in [3.05, 3.63) is 24.2 Å². The van der Waals surface area contributed by atoms with Gasteiger partial charge in [-0.3, -0.25) is 4.79 Å². The molecule has 1 fully saturated rings. The lowest BCUT2D eigenvalue weighted by Crippen LogP contribution is -2.45. The van der Waals surface area contributed by atoms with Crippen molar-refractivity contribution in [3.8, 4) is 0 Å². The minimum atomic E-state index is -0.652. The molecule has 1 heterocycles. The lowest BCUT2D eigenvalue weighted by atomic mass is 9.90. The van der Waals surface area contributed by atoms with Gasteiger partial charge in [0.1, 0.15) is 6.04 Å². The molecule has 5 nitrogen and oxygen atoms in total. The maximum absolute atomic E-state index is 12.3. The molecule has 0 saturated heterocycles. The first-order valence-electron chi connectivity index (χ1n) is 8.09. The molecule has 1 saturated carbocycles. The molecule has 1 atom stereocenters. The maximum Gasteiger partial charge on any atom is 0.328 e. The number of carbonyl (C=O) groups is 2. The summed E-state index contributed by atoms with van der Waals surface area (Å²) in [5.74, 6) is -0.131. The third-order valence-electron chi connectivity index (χ3n) is 4.14. The van der Waals surface area contributed by atoms with Crippen LogP contribution in [-0.2, 0) is 9.53 Å². The molecule has 1 aromatic rings. The van der Waals surface area contributed by atoms with Gasteiger partial charge >= 0.3 is 5.97 Å². The van der Waals surface area contributed by atoms with E-state index in [2.05, 4.69) is 5.32 Å². The molecule has 2 rings (SSSR count). The largest absolute Gasteiger partial charge is 0.464 e. The summed E-state index contributed by atoms with van der Waals surface area (Å²) in [4.78, 5) is 24.3. The third-order valence-corrected chi connectivity index (χ3v) is 4.14. The zero-order valence-corrected chi connectivity index (χ0v) is 13.3. The lowest BCUT2D eigenvalue weighted by Gasteiger charge is -2.24. The quantitative estimate of drug-likeness (QED) is 0.820. The van der Waals surface area contributed by atoms with Crippen molar-refractivity contribution in [2.45, 2.75) is 52.0 Å². The fraction of sp³-hybridized carbons (Fsp3) is 0.647. The molecule has 1 aromatic heterocycles. The first-order valence-corrected chi connectivity index (χ1v) is 8.09. The number of amides is 1. The van der Waals surface area contributed by atoms with Crippen LogP contribution in [0.15, 0.2) is 22.8 Å². The molecular weight excluding hydrogens is 282 g/mol. The number of nitrogens with one attached hydrogen (secondary N) is 1. The van der Waals surface area contributed by atoms with Crippen molar-refractivity contribution in [2.24, 2.45) is 11.8 Å². The number of ether oxygens (including phenoxy) is 1. The predicted molar refractivity (Wildman–Crippen MR) is 82.3 cm³/mol. The van der Waals surface area contributed by atoms with Crippen LogP contribution < -0.4 is 5.32 Å². The number of furan rings is 1. The van der Waals surface area contributed by atoms with E-state index in [9.17, 15) is 9.59 Å². The summed E-state index contributed by atoms with van der Waals surface area (Å²) in [6, 6.07) is 2.56. The van der Waals surface area contributed by atoms with Gasteiger partial charge in [-0.2, -0.15) is 0 Å². The highest BCUT2D eigenvalue weighted by molar-refractivity contribution is 5.94. The molecule has 1 N–H and O–H groups in total. The highest BCUT2D eigenvalue weighted by atomic mass is 16.5. The van der Waals surface area contributed by atoms with Crippen molar-refractivity contribution < 1.29 is 18.7 Å². The Kier molecular flexibility index (Phi) is 6.04. The first kappa shape index (κ1) is 16.6. The molecule has 0 spiro atoms. The van der Waals surface area contributed by atoms with Crippen molar-refractivity contribution in [1.29, 1.82) is 0 Å². The van der Waals surface area contributed by atoms with E-state index in [0.29, 0.717) is 12.5 Å². The van der Waals surface area contributed by atoms with Crippen LogP contribution in [0.25, 0.3) is 0 Å². The summed E-state index contributed by atoms with van der Waals surface area (Å²) in [6.07, 6.45) is 7.38. The van der Waals surface area contributed by atoms with Gasteiger partial charge in [0.25, 0.3) is 5.91 Å². The minimum absolute atomic E-state index is 0.0437. The van der Waals surface area contributed by atoms with E-state index in [1.807, 2.05) is 13.8 Å². The fourth-order valence-corrected chi connectivity index (χ4v) is 2.76. The van der Waals surface area contributed by atoms with E-state index in [1.54, 1.807) is 12.1 Å². The summed E-state index contributed by atoms with van der Waals surface area (Å²) >= 11 is 0. The van der Waals surface area contributed by atoms with Crippen molar-refractivity contribution in [2.75, 3.05) is 6.61 Å². The van der Waals surface area contributed by atoms with E-state index in [-0.39, 0.29) is 17.6 Å². The topological polar surface area (TPSA) is 68.5 Å². The van der Waals surface area contributed by atoms with Crippen molar-refractivity contribution in [1.82, 2.24) is 5.32 Å². The molecule has 22 heavy (non-hydrogen) atoms. The summed E-state index contributed by atoms with van der Waals surface area (Å²) < 4.78 is 10.5. The Morgan fingerprint density at radius 2 is 2.05 bits per heavy atom. The van der Waals surface area contributed by atoms with Crippen LogP contribution in [-0.4, -0.2) is 24.5 Å². The average Bonchev–Trinajstić information content (AvgIpc) is 3.05. The first-order chi connectivity index (χ1) is 10.6. The molecule has 0 aromatic carbocycles. The third kappa shape index (κ3) is 4.61. The van der Waals surface area contributed by atoms with Gasteiger partial charge in [0.15, 0.2) is 5.76 Å². The van der Waals surface area contributed by atoms with Crippen LogP contribution in [0.5, 0.6) is 0 Å². The van der Waals surface area contributed by atoms with Gasteiger partial charge in [-0.15, -0.1) is 0 Å². The number of rotatable bonds is 6. The van der Waals surface area contributed by atoms with E-state index < -0.39 is 11.9 Å². The van der Waals surface area contributed by atoms with Crippen LogP contribution in [0.2, 0.25) is 0 Å². The lowest BCUT2D eigenvalue weighted by molar-refractivity contribution is -0.148. The highest BCUT2D eigenvalue weighted by Crippen LogP contribution is 2.24. The van der Waals surface area contributed by atoms with Crippen LogP contribution in [0.1, 0.15) is 56.5 Å². The molecule has 1 aliphatic carbocycles. The minimum Gasteiger partial charge on any atom is -0.464 e. The number of esters is 1. The van der Waals surface area contributed by atoms with Crippen molar-refractivity contribution in [3.63, 3.8) is 0 Å². The number of hydrogen-bond acceptors (Lipinski definition) is 4. The smallest absolute Gasteiger partial charge is 0.328 e. The molecule has 0 aliphatic heterocycles. The summed E-state index contributed by atoms with van der Waals surface area (Å²) in [6.45, 7) is 4.22. The normalized spacial score (nSPS) is 17.2. The van der Waals surface area contributed by atoms with Gasteiger partial charge in [-0.25, -0.2) is 4.79 Å². The number of hydrogen-bond donors (Lipinski definition) is 1. The van der Waals surface area contributed by atoms with Gasteiger partial charge in [0, 0.05) is 0 Å². The van der Waals surface area contributed by atoms with Crippen LogP contribution in [0.4, 0.5) is 0 Å².